The molecule has 2 amide bonds. The van der Waals surface area contributed by atoms with Crippen LogP contribution in [0, 0.1) is 0 Å². The molecular weight excluding hydrogens is 312 g/mol. The van der Waals surface area contributed by atoms with Gasteiger partial charge in [-0.1, -0.05) is 19.4 Å². The molecule has 7 nitrogen and oxygen atoms in total. The highest BCUT2D eigenvalue weighted by molar-refractivity contribution is 6.17. The van der Waals surface area contributed by atoms with Gasteiger partial charge in [0.1, 0.15) is 5.70 Å². The van der Waals surface area contributed by atoms with Crippen LogP contribution in [0.3, 0.4) is 0 Å². The van der Waals surface area contributed by atoms with Crippen LogP contribution in [0.25, 0.3) is 0 Å². The van der Waals surface area contributed by atoms with E-state index in [9.17, 15) is 14.4 Å². The number of ether oxygens (including phenoxy) is 1. The van der Waals surface area contributed by atoms with Crippen LogP contribution in [0.2, 0.25) is 0 Å². The summed E-state index contributed by atoms with van der Waals surface area (Å²) in [5.41, 5.74) is 0.962. The molecule has 2 N–H and O–H groups in total. The lowest BCUT2D eigenvalue weighted by Gasteiger charge is -2.13. The zero-order valence-electron chi connectivity index (χ0n) is 13.4. The van der Waals surface area contributed by atoms with Crippen LogP contribution in [0.15, 0.2) is 36.0 Å². The van der Waals surface area contributed by atoms with Crippen LogP contribution in [0.4, 0.5) is 5.69 Å². The zero-order valence-corrected chi connectivity index (χ0v) is 13.4. The fraction of sp³-hybridized carbons (Fsp3) is 0.353. The molecule has 0 radical (unpaired) electrons. The van der Waals surface area contributed by atoms with Crippen molar-refractivity contribution < 1.29 is 24.2 Å². The molecule has 0 unspecified atom stereocenters. The van der Waals surface area contributed by atoms with Crippen molar-refractivity contribution in [3.63, 3.8) is 0 Å². The largest absolute Gasteiger partial charge is 0.462 e. The van der Waals surface area contributed by atoms with Crippen molar-refractivity contribution in [1.82, 2.24) is 4.90 Å². The second-order valence-corrected chi connectivity index (χ2v) is 5.27. The van der Waals surface area contributed by atoms with E-state index >= 15 is 0 Å². The molecule has 0 atom stereocenters. The van der Waals surface area contributed by atoms with Gasteiger partial charge in [-0.05, 0) is 24.6 Å². The minimum absolute atomic E-state index is 0.0524. The van der Waals surface area contributed by atoms with Gasteiger partial charge in [-0.2, -0.15) is 0 Å². The van der Waals surface area contributed by atoms with Crippen molar-refractivity contribution in [1.29, 1.82) is 0 Å². The maximum absolute atomic E-state index is 12.1. The van der Waals surface area contributed by atoms with E-state index in [0.717, 1.165) is 17.7 Å². The fourth-order valence-corrected chi connectivity index (χ4v) is 2.18. The van der Waals surface area contributed by atoms with Crippen LogP contribution < -0.4 is 5.32 Å². The number of aliphatic hydroxyl groups excluding tert-OH is 1. The van der Waals surface area contributed by atoms with E-state index < -0.39 is 17.8 Å². The summed E-state index contributed by atoms with van der Waals surface area (Å²) in [7, 11) is 0. The molecule has 0 aromatic heterocycles. The monoisotopic (exact) mass is 332 g/mol. The van der Waals surface area contributed by atoms with Gasteiger partial charge in [0, 0.05) is 11.8 Å². The number of anilines is 1. The van der Waals surface area contributed by atoms with Crippen LogP contribution in [0.5, 0.6) is 0 Å². The number of hydrogen-bond acceptors (Lipinski definition) is 6. The highest BCUT2D eigenvalue weighted by Gasteiger charge is 2.30. The number of aliphatic hydroxyl groups is 1. The number of carbonyl (C=O) groups is 3. The number of carbonyl (C=O) groups excluding carboxylic acids is 3. The summed E-state index contributed by atoms with van der Waals surface area (Å²) in [6.07, 6.45) is 2.90. The number of rotatable bonds is 8. The molecule has 2 rings (SSSR count). The van der Waals surface area contributed by atoms with Gasteiger partial charge in [0.15, 0.2) is 0 Å². The van der Waals surface area contributed by atoms with Gasteiger partial charge < -0.3 is 15.2 Å². The Morgan fingerprint density at radius 3 is 2.83 bits per heavy atom. The predicted octanol–water partition coefficient (Wildman–Crippen LogP) is 1.30. The number of unbranched alkanes of at least 4 members (excludes halogenated alkanes) is 1. The topological polar surface area (TPSA) is 95.9 Å². The first-order valence-corrected chi connectivity index (χ1v) is 7.79. The van der Waals surface area contributed by atoms with Crippen molar-refractivity contribution in [3.8, 4) is 0 Å². The van der Waals surface area contributed by atoms with E-state index in [1.165, 1.54) is 6.08 Å². The summed E-state index contributed by atoms with van der Waals surface area (Å²) < 4.78 is 5.14. The lowest BCUT2D eigenvalue weighted by molar-refractivity contribution is -0.137. The highest BCUT2D eigenvalue weighted by Crippen LogP contribution is 2.18. The molecule has 7 heteroatoms. The van der Waals surface area contributed by atoms with Crippen LogP contribution >= 0.6 is 0 Å². The molecular formula is C17H20N2O5. The van der Waals surface area contributed by atoms with E-state index in [2.05, 4.69) is 5.32 Å². The number of esters is 1. The SMILES string of the molecule is CCCCOC(=O)c1cccc(NC2=CC(=O)N(CCO)C2=O)c1. The zero-order chi connectivity index (χ0) is 17.5. The molecule has 1 aliphatic heterocycles. The third-order valence-corrected chi connectivity index (χ3v) is 3.44. The lowest BCUT2D eigenvalue weighted by Crippen LogP contribution is -2.34. The molecule has 0 saturated carbocycles. The van der Waals surface area contributed by atoms with Crippen molar-refractivity contribution in [2.75, 3.05) is 25.1 Å². The normalized spacial score (nSPS) is 13.9. The Bertz CT molecular complexity index is 669. The first kappa shape index (κ1) is 17.7. The molecule has 1 aliphatic rings. The van der Waals surface area contributed by atoms with Gasteiger partial charge in [-0.15, -0.1) is 0 Å². The van der Waals surface area contributed by atoms with Crippen molar-refractivity contribution in [3.05, 3.63) is 41.6 Å². The third-order valence-electron chi connectivity index (χ3n) is 3.44. The van der Waals surface area contributed by atoms with E-state index in [4.69, 9.17) is 9.84 Å². The van der Waals surface area contributed by atoms with Crippen molar-refractivity contribution >= 4 is 23.5 Å². The first-order valence-electron chi connectivity index (χ1n) is 7.79. The maximum atomic E-state index is 12.1. The summed E-state index contributed by atoms with van der Waals surface area (Å²) in [4.78, 5) is 36.7. The second-order valence-electron chi connectivity index (χ2n) is 5.27. The number of imide groups is 1. The molecule has 0 bridgehead atoms. The Labute approximate surface area is 139 Å². The van der Waals surface area contributed by atoms with Gasteiger partial charge in [0.05, 0.1) is 25.3 Å². The Kier molecular flexibility index (Phi) is 6.08. The molecule has 1 heterocycles. The van der Waals surface area contributed by atoms with Gasteiger partial charge in [-0.25, -0.2) is 4.79 Å². The molecule has 0 saturated heterocycles. The first-order chi connectivity index (χ1) is 11.6. The van der Waals surface area contributed by atoms with E-state index in [1.54, 1.807) is 24.3 Å². The Morgan fingerprint density at radius 1 is 1.33 bits per heavy atom. The molecule has 0 fully saturated rings. The number of β-amino-alcohol motifs (C(OH)–C–C–N with tert-alkyl or cyclic N) is 1. The van der Waals surface area contributed by atoms with E-state index in [0.29, 0.717) is 17.9 Å². The van der Waals surface area contributed by atoms with Gasteiger partial charge in [0.2, 0.25) is 0 Å². The molecule has 128 valence electrons. The quantitative estimate of drug-likeness (QED) is 0.423. The summed E-state index contributed by atoms with van der Waals surface area (Å²) in [5, 5.41) is 11.7. The molecule has 0 spiro atoms. The molecule has 0 aliphatic carbocycles. The Balaban J connectivity index is 2.05. The molecule has 24 heavy (non-hydrogen) atoms. The van der Waals surface area contributed by atoms with Gasteiger partial charge in [0.25, 0.3) is 11.8 Å². The standard InChI is InChI=1S/C17H20N2O5/c1-2-3-9-24-17(23)12-5-4-6-13(10-12)18-14-11-15(21)19(7-8-20)16(14)22/h4-6,10-11,18,20H,2-3,7-9H2,1H3. The van der Waals surface area contributed by atoms with E-state index in [-0.39, 0.29) is 18.8 Å². The smallest absolute Gasteiger partial charge is 0.338 e. The van der Waals surface area contributed by atoms with Crippen LogP contribution in [-0.2, 0) is 14.3 Å². The number of benzene rings is 1. The Morgan fingerprint density at radius 2 is 2.12 bits per heavy atom. The van der Waals surface area contributed by atoms with Crippen molar-refractivity contribution in [2.24, 2.45) is 0 Å². The lowest BCUT2D eigenvalue weighted by atomic mass is 10.2. The van der Waals surface area contributed by atoms with E-state index in [1.807, 2.05) is 6.92 Å². The number of hydrogen-bond donors (Lipinski definition) is 2. The fourth-order valence-electron chi connectivity index (χ4n) is 2.18. The third kappa shape index (κ3) is 4.20. The summed E-state index contributed by atoms with van der Waals surface area (Å²) in [5.74, 6) is -1.42. The Hall–Kier alpha value is -2.67. The van der Waals surface area contributed by atoms with Crippen LogP contribution in [0.1, 0.15) is 30.1 Å². The minimum Gasteiger partial charge on any atom is -0.462 e. The molecule has 1 aromatic rings. The number of nitrogens with one attached hydrogen (secondary N) is 1. The summed E-state index contributed by atoms with van der Waals surface area (Å²) in [6.45, 7) is 2.02. The maximum Gasteiger partial charge on any atom is 0.338 e. The average Bonchev–Trinajstić information content (AvgIpc) is 2.83. The average molecular weight is 332 g/mol. The van der Waals surface area contributed by atoms with Gasteiger partial charge >= 0.3 is 5.97 Å². The van der Waals surface area contributed by atoms with Crippen LogP contribution in [-0.4, -0.2) is 47.5 Å². The van der Waals surface area contributed by atoms with Crippen molar-refractivity contribution in [2.45, 2.75) is 19.8 Å². The number of amides is 2. The minimum atomic E-state index is -0.509. The summed E-state index contributed by atoms with van der Waals surface area (Å²) in [6, 6.07) is 6.51. The molecule has 1 aromatic carbocycles. The predicted molar refractivity (Wildman–Crippen MR) is 87.1 cm³/mol. The summed E-state index contributed by atoms with van der Waals surface area (Å²) >= 11 is 0. The number of nitrogens with zero attached hydrogens (tertiary/aromatic N) is 1. The second kappa shape index (κ2) is 8.26. The van der Waals surface area contributed by atoms with Gasteiger partial charge in [-0.3, -0.25) is 14.5 Å². The highest BCUT2D eigenvalue weighted by atomic mass is 16.5.